The molecule has 0 aromatic heterocycles. The zero-order valence-electron chi connectivity index (χ0n) is 7.14. The molecule has 11 heavy (non-hydrogen) atoms. The minimum Gasteiger partial charge on any atom is -0.387 e. The van der Waals surface area contributed by atoms with E-state index in [0.29, 0.717) is 12.4 Å². The van der Waals surface area contributed by atoms with Gasteiger partial charge in [0.1, 0.15) is 5.84 Å². The molecule has 0 spiro atoms. The zero-order valence-corrected chi connectivity index (χ0v) is 7.14. The summed E-state index contributed by atoms with van der Waals surface area (Å²) >= 11 is 0. The van der Waals surface area contributed by atoms with Gasteiger partial charge in [-0.2, -0.15) is 0 Å². The summed E-state index contributed by atoms with van der Waals surface area (Å²) in [4.78, 5) is 2.31. The van der Waals surface area contributed by atoms with E-state index in [1.807, 2.05) is 0 Å². The van der Waals surface area contributed by atoms with E-state index in [-0.39, 0.29) is 0 Å². The fraction of sp³-hybridized carbons (Fsp3) is 0.875. The highest BCUT2D eigenvalue weighted by Crippen LogP contribution is 2.26. The van der Waals surface area contributed by atoms with Gasteiger partial charge in [0.05, 0.1) is 6.54 Å². The van der Waals surface area contributed by atoms with Crippen LogP contribution in [0.2, 0.25) is 0 Å². The fourth-order valence-electron chi connectivity index (χ4n) is 1.34. The van der Waals surface area contributed by atoms with Gasteiger partial charge in [-0.25, -0.2) is 0 Å². The van der Waals surface area contributed by atoms with E-state index >= 15 is 0 Å². The maximum absolute atomic E-state index is 7.16. The zero-order chi connectivity index (χ0) is 8.27. The second-order valence-corrected chi connectivity index (χ2v) is 3.23. The highest BCUT2D eigenvalue weighted by molar-refractivity contribution is 5.79. The normalized spacial score (nSPS) is 17.3. The molecule has 3 heteroatoms. The molecule has 0 unspecified atom stereocenters. The Morgan fingerprint density at radius 3 is 2.64 bits per heavy atom. The molecule has 0 atom stereocenters. The first-order valence-corrected chi connectivity index (χ1v) is 4.31. The summed E-state index contributed by atoms with van der Waals surface area (Å²) in [6.07, 6.45) is 3.75. The quantitative estimate of drug-likeness (QED) is 0.455. The molecule has 0 heterocycles. The molecule has 0 bridgehead atoms. The number of nitrogens with zero attached hydrogens (tertiary/aromatic N) is 1. The van der Waals surface area contributed by atoms with E-state index < -0.39 is 0 Å². The third-order valence-corrected chi connectivity index (χ3v) is 1.95. The number of nitrogens with one attached hydrogen (secondary N) is 1. The van der Waals surface area contributed by atoms with Crippen LogP contribution in [0.15, 0.2) is 0 Å². The molecule has 1 saturated carbocycles. The Balaban J connectivity index is 2.26. The van der Waals surface area contributed by atoms with Crippen LogP contribution in [0.25, 0.3) is 0 Å². The lowest BCUT2D eigenvalue weighted by molar-refractivity contribution is 0.300. The van der Waals surface area contributed by atoms with Gasteiger partial charge in [0.15, 0.2) is 0 Å². The standard InChI is InChI=1S/C8H17N3/c1-2-5-11(6-8(9)10)7-3-4-7/h7H,2-6H2,1H3,(H3,9,10). The summed E-state index contributed by atoms with van der Waals surface area (Å²) in [5.41, 5.74) is 5.33. The second-order valence-electron chi connectivity index (χ2n) is 3.23. The van der Waals surface area contributed by atoms with Crippen LogP contribution in [0.1, 0.15) is 26.2 Å². The van der Waals surface area contributed by atoms with E-state index in [1.165, 1.54) is 12.8 Å². The molecule has 0 aromatic rings. The molecule has 0 aliphatic heterocycles. The van der Waals surface area contributed by atoms with Crippen LogP contribution < -0.4 is 5.73 Å². The predicted octanol–water partition coefficient (Wildman–Crippen LogP) is 0.797. The van der Waals surface area contributed by atoms with Gasteiger partial charge in [0.25, 0.3) is 0 Å². The maximum atomic E-state index is 7.16. The van der Waals surface area contributed by atoms with Crippen LogP contribution in [0, 0.1) is 5.41 Å². The summed E-state index contributed by atoms with van der Waals surface area (Å²) in [6, 6.07) is 0.735. The van der Waals surface area contributed by atoms with Gasteiger partial charge in [-0.05, 0) is 25.8 Å². The number of rotatable bonds is 5. The average molecular weight is 155 g/mol. The molecule has 0 amide bonds. The molecule has 0 radical (unpaired) electrons. The molecule has 1 aliphatic rings. The number of hydrogen-bond donors (Lipinski definition) is 2. The van der Waals surface area contributed by atoms with E-state index in [4.69, 9.17) is 11.1 Å². The summed E-state index contributed by atoms with van der Waals surface area (Å²) in [5, 5.41) is 7.16. The van der Waals surface area contributed by atoms with Crippen LogP contribution in [0.3, 0.4) is 0 Å². The van der Waals surface area contributed by atoms with Gasteiger partial charge in [-0.1, -0.05) is 6.92 Å². The Labute approximate surface area is 68.1 Å². The minimum absolute atomic E-state index is 0.297. The van der Waals surface area contributed by atoms with Crippen LogP contribution in [0.5, 0.6) is 0 Å². The molecule has 1 aliphatic carbocycles. The number of nitrogens with two attached hydrogens (primary N) is 1. The predicted molar refractivity (Wildman–Crippen MR) is 46.8 cm³/mol. The Hall–Kier alpha value is -0.570. The summed E-state index contributed by atoms with van der Waals surface area (Å²) in [6.45, 7) is 3.91. The van der Waals surface area contributed by atoms with Gasteiger partial charge in [-0.15, -0.1) is 0 Å². The van der Waals surface area contributed by atoms with Crippen molar-refractivity contribution in [2.75, 3.05) is 13.1 Å². The smallest absolute Gasteiger partial charge is 0.105 e. The summed E-state index contributed by atoms with van der Waals surface area (Å²) in [7, 11) is 0. The van der Waals surface area contributed by atoms with Gasteiger partial charge in [0, 0.05) is 6.04 Å². The van der Waals surface area contributed by atoms with Gasteiger partial charge >= 0.3 is 0 Å². The van der Waals surface area contributed by atoms with E-state index in [2.05, 4.69) is 11.8 Å². The Bertz CT molecular complexity index is 140. The number of hydrogen-bond acceptors (Lipinski definition) is 2. The van der Waals surface area contributed by atoms with Crippen LogP contribution in [-0.2, 0) is 0 Å². The molecular formula is C8H17N3. The van der Waals surface area contributed by atoms with Crippen molar-refractivity contribution in [3.63, 3.8) is 0 Å². The molecule has 1 rings (SSSR count). The van der Waals surface area contributed by atoms with Crippen molar-refractivity contribution in [3.8, 4) is 0 Å². The lowest BCUT2D eigenvalue weighted by Crippen LogP contribution is -2.35. The van der Waals surface area contributed by atoms with Crippen molar-refractivity contribution in [1.29, 1.82) is 5.41 Å². The van der Waals surface area contributed by atoms with E-state index in [0.717, 1.165) is 19.0 Å². The summed E-state index contributed by atoms with van der Waals surface area (Å²) < 4.78 is 0. The van der Waals surface area contributed by atoms with Crippen molar-refractivity contribution in [2.45, 2.75) is 32.2 Å². The topological polar surface area (TPSA) is 53.1 Å². The highest BCUT2D eigenvalue weighted by atomic mass is 15.2. The van der Waals surface area contributed by atoms with Crippen LogP contribution >= 0.6 is 0 Å². The number of amidine groups is 1. The molecule has 0 aromatic carbocycles. The largest absolute Gasteiger partial charge is 0.387 e. The lowest BCUT2D eigenvalue weighted by Gasteiger charge is -2.19. The Morgan fingerprint density at radius 1 is 1.64 bits per heavy atom. The third kappa shape index (κ3) is 2.89. The second kappa shape index (κ2) is 3.72. The van der Waals surface area contributed by atoms with Crippen molar-refractivity contribution < 1.29 is 0 Å². The highest BCUT2D eigenvalue weighted by Gasteiger charge is 2.28. The van der Waals surface area contributed by atoms with E-state index in [1.54, 1.807) is 0 Å². The molecule has 3 N–H and O–H groups in total. The van der Waals surface area contributed by atoms with E-state index in [9.17, 15) is 0 Å². The first-order chi connectivity index (χ1) is 5.24. The molecule has 1 fully saturated rings. The maximum Gasteiger partial charge on any atom is 0.105 e. The third-order valence-electron chi connectivity index (χ3n) is 1.95. The molecule has 0 saturated heterocycles. The summed E-state index contributed by atoms with van der Waals surface area (Å²) in [5.74, 6) is 0.297. The van der Waals surface area contributed by atoms with Crippen LogP contribution in [-0.4, -0.2) is 29.9 Å². The first kappa shape index (κ1) is 8.53. The van der Waals surface area contributed by atoms with Crippen LogP contribution in [0.4, 0.5) is 0 Å². The van der Waals surface area contributed by atoms with Gasteiger partial charge < -0.3 is 5.73 Å². The Morgan fingerprint density at radius 2 is 2.27 bits per heavy atom. The first-order valence-electron chi connectivity index (χ1n) is 4.31. The van der Waals surface area contributed by atoms with Crippen molar-refractivity contribution in [2.24, 2.45) is 5.73 Å². The minimum atomic E-state index is 0.297. The molecular weight excluding hydrogens is 138 g/mol. The van der Waals surface area contributed by atoms with Gasteiger partial charge in [0.2, 0.25) is 0 Å². The van der Waals surface area contributed by atoms with Gasteiger partial charge in [-0.3, -0.25) is 10.3 Å². The van der Waals surface area contributed by atoms with Crippen molar-refractivity contribution in [3.05, 3.63) is 0 Å². The monoisotopic (exact) mass is 155 g/mol. The lowest BCUT2D eigenvalue weighted by atomic mass is 10.4. The Kier molecular flexibility index (Phi) is 2.88. The van der Waals surface area contributed by atoms with Crippen molar-refractivity contribution in [1.82, 2.24) is 4.90 Å². The van der Waals surface area contributed by atoms with Crippen molar-refractivity contribution >= 4 is 5.84 Å². The molecule has 64 valence electrons. The average Bonchev–Trinajstić information content (AvgIpc) is 2.66. The fourth-order valence-corrected chi connectivity index (χ4v) is 1.34. The SMILES string of the molecule is CCCN(CC(=N)N)C1CC1. The molecule has 3 nitrogen and oxygen atoms in total.